The van der Waals surface area contributed by atoms with Gasteiger partial charge in [-0.15, -0.1) is 0 Å². The van der Waals surface area contributed by atoms with Crippen LogP contribution in [0, 0.1) is 5.92 Å². The normalized spacial score (nSPS) is 16.6. The molecule has 0 radical (unpaired) electrons. The van der Waals surface area contributed by atoms with Gasteiger partial charge in [-0.2, -0.15) is 4.98 Å². The lowest BCUT2D eigenvalue weighted by molar-refractivity contribution is 0.397. The predicted octanol–water partition coefficient (Wildman–Crippen LogP) is 3.24. The number of aromatic nitrogens is 3. The summed E-state index contributed by atoms with van der Waals surface area (Å²) in [5.74, 6) is 0.309. The lowest BCUT2D eigenvalue weighted by Crippen LogP contribution is -1.87. The van der Waals surface area contributed by atoms with Gasteiger partial charge in [-0.1, -0.05) is 5.16 Å². The molecule has 2 aromatic rings. The van der Waals surface area contributed by atoms with Gasteiger partial charge in [-0.3, -0.25) is 4.98 Å². The Hall–Kier alpha value is -2.04. The molecule has 92 valence electrons. The van der Waals surface area contributed by atoms with Crippen molar-refractivity contribution in [2.24, 2.45) is 5.92 Å². The molecule has 2 heterocycles. The highest BCUT2D eigenvalue weighted by Gasteiger charge is 2.28. The predicted molar refractivity (Wildman–Crippen MR) is 64.0 cm³/mol. The molecule has 0 amide bonds. The van der Waals surface area contributed by atoms with E-state index in [1.165, 1.54) is 0 Å². The molecule has 0 atom stereocenters. The molecule has 1 fully saturated rings. The van der Waals surface area contributed by atoms with Gasteiger partial charge in [0.25, 0.3) is 5.89 Å². The topological polar surface area (TPSA) is 51.8 Å². The fourth-order valence-electron chi connectivity index (χ4n) is 1.80. The van der Waals surface area contributed by atoms with Crippen LogP contribution in [-0.4, -0.2) is 15.1 Å². The van der Waals surface area contributed by atoms with Crippen LogP contribution in [0.2, 0.25) is 0 Å². The van der Waals surface area contributed by atoms with Crippen molar-refractivity contribution in [1.29, 1.82) is 0 Å². The van der Waals surface area contributed by atoms with Crippen LogP contribution in [0.1, 0.15) is 25.7 Å². The van der Waals surface area contributed by atoms with Gasteiger partial charge in [0.2, 0.25) is 5.82 Å². The van der Waals surface area contributed by atoms with Crippen LogP contribution < -0.4 is 0 Å². The van der Waals surface area contributed by atoms with Crippen molar-refractivity contribution in [1.82, 2.24) is 15.1 Å². The molecular weight excluding hydrogens is 233 g/mol. The summed E-state index contributed by atoms with van der Waals surface area (Å²) in [4.78, 5) is 7.98. The Labute approximate surface area is 104 Å². The summed E-state index contributed by atoms with van der Waals surface area (Å²) in [5.41, 5.74) is 1.47. The number of allylic oxidation sites excluding steroid dienone is 1. The Bertz CT molecular complexity index is 587. The molecule has 0 aliphatic heterocycles. The van der Waals surface area contributed by atoms with E-state index in [1.807, 2.05) is 0 Å². The van der Waals surface area contributed by atoms with E-state index in [2.05, 4.69) is 15.1 Å². The standard InChI is InChI=1S/C13H12FN3O/c1-8(9-2-3-9)11(14)13-16-12(17-18-13)10-4-6-15-7-5-10/h4-7,9H,2-3H2,1H3/b11-8-. The fraction of sp³-hybridized carbons (Fsp3) is 0.308. The maximum absolute atomic E-state index is 14.0. The summed E-state index contributed by atoms with van der Waals surface area (Å²) < 4.78 is 19.0. The molecule has 0 N–H and O–H groups in total. The van der Waals surface area contributed by atoms with E-state index < -0.39 is 0 Å². The first-order chi connectivity index (χ1) is 8.75. The number of nitrogens with zero attached hydrogens (tertiary/aromatic N) is 3. The Morgan fingerprint density at radius 2 is 2.06 bits per heavy atom. The Morgan fingerprint density at radius 1 is 1.33 bits per heavy atom. The minimum atomic E-state index is -0.384. The number of rotatable bonds is 3. The number of pyridine rings is 1. The van der Waals surface area contributed by atoms with E-state index in [9.17, 15) is 4.39 Å². The van der Waals surface area contributed by atoms with Gasteiger partial charge < -0.3 is 4.52 Å². The SMILES string of the molecule is C/C(=C(/F)c1nc(-c2ccncc2)no1)C1CC1. The van der Waals surface area contributed by atoms with Crippen molar-refractivity contribution in [3.05, 3.63) is 36.0 Å². The van der Waals surface area contributed by atoms with Gasteiger partial charge in [-0.25, -0.2) is 4.39 Å². The summed E-state index contributed by atoms with van der Waals surface area (Å²) in [7, 11) is 0. The Morgan fingerprint density at radius 3 is 2.72 bits per heavy atom. The maximum Gasteiger partial charge on any atom is 0.286 e. The van der Waals surface area contributed by atoms with Crippen LogP contribution in [0.15, 0.2) is 34.6 Å². The lowest BCUT2D eigenvalue weighted by Gasteiger charge is -1.96. The van der Waals surface area contributed by atoms with Gasteiger partial charge >= 0.3 is 0 Å². The fourth-order valence-corrected chi connectivity index (χ4v) is 1.80. The molecular formula is C13H12FN3O. The first-order valence-electron chi connectivity index (χ1n) is 5.86. The molecule has 0 bridgehead atoms. The lowest BCUT2D eigenvalue weighted by atomic mass is 10.2. The van der Waals surface area contributed by atoms with Crippen LogP contribution in [0.3, 0.4) is 0 Å². The van der Waals surface area contributed by atoms with Gasteiger partial charge in [-0.05, 0) is 43.4 Å². The van der Waals surface area contributed by atoms with Crippen LogP contribution in [-0.2, 0) is 0 Å². The second-order valence-corrected chi connectivity index (χ2v) is 4.43. The summed E-state index contributed by atoms with van der Waals surface area (Å²) in [5, 5.41) is 3.78. The average Bonchev–Trinajstić information content (AvgIpc) is 3.15. The minimum absolute atomic E-state index is 0.0359. The van der Waals surface area contributed by atoms with Crippen molar-refractivity contribution >= 4 is 5.83 Å². The van der Waals surface area contributed by atoms with Gasteiger partial charge in [0.05, 0.1) is 0 Å². The summed E-state index contributed by atoms with van der Waals surface area (Å²) in [6.07, 6.45) is 5.36. The zero-order valence-corrected chi connectivity index (χ0v) is 9.93. The first-order valence-corrected chi connectivity index (χ1v) is 5.86. The number of halogens is 1. The van der Waals surface area contributed by atoms with Gasteiger partial charge in [0.1, 0.15) is 0 Å². The monoisotopic (exact) mass is 245 g/mol. The molecule has 0 aromatic carbocycles. The van der Waals surface area contributed by atoms with Crippen molar-refractivity contribution in [3.8, 4) is 11.4 Å². The van der Waals surface area contributed by atoms with Crippen LogP contribution in [0.25, 0.3) is 17.2 Å². The van der Waals surface area contributed by atoms with Gasteiger partial charge in [0, 0.05) is 18.0 Å². The van der Waals surface area contributed by atoms with Gasteiger partial charge in [0.15, 0.2) is 5.83 Å². The van der Waals surface area contributed by atoms with Crippen LogP contribution >= 0.6 is 0 Å². The highest BCUT2D eigenvalue weighted by atomic mass is 19.1. The highest BCUT2D eigenvalue weighted by Crippen LogP contribution is 2.40. The first kappa shape index (κ1) is 11.1. The quantitative estimate of drug-likeness (QED) is 0.832. The maximum atomic E-state index is 14.0. The van der Waals surface area contributed by atoms with Crippen molar-refractivity contribution < 1.29 is 8.91 Å². The smallest absolute Gasteiger partial charge is 0.286 e. The zero-order valence-electron chi connectivity index (χ0n) is 9.93. The van der Waals surface area contributed by atoms with E-state index in [4.69, 9.17) is 4.52 Å². The Balaban J connectivity index is 1.92. The van der Waals surface area contributed by atoms with Crippen molar-refractivity contribution in [2.75, 3.05) is 0 Å². The highest BCUT2D eigenvalue weighted by molar-refractivity contribution is 5.59. The third kappa shape index (κ3) is 2.03. The molecule has 1 saturated carbocycles. The Kier molecular flexibility index (Phi) is 2.66. The minimum Gasteiger partial charge on any atom is -0.331 e. The van der Waals surface area contributed by atoms with E-state index in [0.717, 1.165) is 18.4 Å². The number of hydrogen-bond donors (Lipinski definition) is 0. The summed E-state index contributed by atoms with van der Waals surface area (Å²) in [6.45, 7) is 1.78. The molecule has 3 rings (SSSR count). The largest absolute Gasteiger partial charge is 0.331 e. The third-order valence-corrected chi connectivity index (χ3v) is 3.09. The second kappa shape index (κ2) is 4.33. The third-order valence-electron chi connectivity index (χ3n) is 3.09. The van der Waals surface area contributed by atoms with E-state index in [0.29, 0.717) is 17.3 Å². The van der Waals surface area contributed by atoms with Crippen molar-refractivity contribution in [3.63, 3.8) is 0 Å². The van der Waals surface area contributed by atoms with E-state index in [-0.39, 0.29) is 11.7 Å². The van der Waals surface area contributed by atoms with Crippen LogP contribution in [0.5, 0.6) is 0 Å². The molecule has 1 aliphatic carbocycles. The summed E-state index contributed by atoms with van der Waals surface area (Å²) in [6, 6.07) is 3.51. The molecule has 0 spiro atoms. The summed E-state index contributed by atoms with van der Waals surface area (Å²) >= 11 is 0. The van der Waals surface area contributed by atoms with E-state index >= 15 is 0 Å². The average molecular weight is 245 g/mol. The van der Waals surface area contributed by atoms with Crippen molar-refractivity contribution in [2.45, 2.75) is 19.8 Å². The van der Waals surface area contributed by atoms with E-state index in [1.54, 1.807) is 31.5 Å². The molecule has 0 unspecified atom stereocenters. The second-order valence-electron chi connectivity index (χ2n) is 4.43. The number of hydrogen-bond acceptors (Lipinski definition) is 4. The van der Waals surface area contributed by atoms with Crippen LogP contribution in [0.4, 0.5) is 4.39 Å². The molecule has 5 heteroatoms. The zero-order chi connectivity index (χ0) is 12.5. The molecule has 0 saturated heterocycles. The molecule has 18 heavy (non-hydrogen) atoms. The molecule has 1 aliphatic rings. The molecule has 4 nitrogen and oxygen atoms in total. The molecule has 2 aromatic heterocycles.